The lowest BCUT2D eigenvalue weighted by Gasteiger charge is -2.23. The molecule has 9 nitrogen and oxygen atoms in total. The highest BCUT2D eigenvalue weighted by Gasteiger charge is 2.33. The van der Waals surface area contributed by atoms with Gasteiger partial charge in [0.15, 0.2) is 5.13 Å². The van der Waals surface area contributed by atoms with Crippen molar-refractivity contribution in [2.24, 2.45) is 0 Å². The van der Waals surface area contributed by atoms with E-state index in [0.29, 0.717) is 29.3 Å². The fraction of sp³-hybridized carbons (Fsp3) is 0.125. The number of anilines is 2. The van der Waals surface area contributed by atoms with Gasteiger partial charge in [-0.3, -0.25) is 14.3 Å². The van der Waals surface area contributed by atoms with Crippen LogP contribution in [-0.4, -0.2) is 35.9 Å². The molecule has 2 amide bonds. The third-order valence-corrected chi connectivity index (χ3v) is 8.84. The number of nitrogens with zero attached hydrogens (tertiary/aromatic N) is 2. The van der Waals surface area contributed by atoms with Crippen LogP contribution in [0.25, 0.3) is 0 Å². The Morgan fingerprint density at radius 3 is 2.56 bits per heavy atom. The summed E-state index contributed by atoms with van der Waals surface area (Å²) in [5.41, 5.74) is 1.81. The lowest BCUT2D eigenvalue weighted by atomic mass is 10.1. The van der Waals surface area contributed by atoms with Gasteiger partial charge in [0.1, 0.15) is 11.1 Å². The Bertz CT molecular complexity index is 1450. The first kappa shape index (κ1) is 24.1. The topological polar surface area (TPSA) is 122 Å². The van der Waals surface area contributed by atoms with Gasteiger partial charge in [0, 0.05) is 22.8 Å². The van der Waals surface area contributed by atoms with Crippen LogP contribution in [0.5, 0.6) is 0 Å². The minimum absolute atomic E-state index is 0.0375. The van der Waals surface area contributed by atoms with Crippen molar-refractivity contribution in [3.8, 4) is 0 Å². The molecular weight excluding hydrogens is 520 g/mol. The number of benzene rings is 2. The summed E-state index contributed by atoms with van der Waals surface area (Å²) in [6, 6.07) is 16.6. The zero-order chi connectivity index (χ0) is 25.1. The molecular formula is C24H20N4O5S3. The first-order chi connectivity index (χ1) is 17.4. The molecule has 36 heavy (non-hydrogen) atoms. The quantitative estimate of drug-likeness (QED) is 0.336. The van der Waals surface area contributed by atoms with Gasteiger partial charge in [-0.25, -0.2) is 13.4 Å². The number of carbonyl (C=O) groups is 2. The molecule has 0 spiro atoms. The molecule has 2 aromatic heterocycles. The molecule has 2 aromatic carbocycles. The summed E-state index contributed by atoms with van der Waals surface area (Å²) < 4.78 is 32.7. The predicted molar refractivity (Wildman–Crippen MR) is 138 cm³/mol. The maximum Gasteiger partial charge on any atom is 0.263 e. The van der Waals surface area contributed by atoms with Crippen LogP contribution < -0.4 is 10.0 Å². The molecule has 5 rings (SSSR count). The molecule has 12 heteroatoms. The molecule has 0 unspecified atom stereocenters. The minimum atomic E-state index is -3.77. The Labute approximate surface area is 215 Å². The van der Waals surface area contributed by atoms with Crippen molar-refractivity contribution in [1.82, 2.24) is 9.88 Å². The van der Waals surface area contributed by atoms with Crippen LogP contribution in [0, 0.1) is 0 Å². The molecule has 0 bridgehead atoms. The molecule has 1 aliphatic heterocycles. The van der Waals surface area contributed by atoms with Crippen LogP contribution in [0.1, 0.15) is 27.1 Å². The third kappa shape index (κ3) is 5.30. The molecule has 1 atom stereocenters. The maximum atomic E-state index is 12.7. The van der Waals surface area contributed by atoms with Crippen molar-refractivity contribution in [3.05, 3.63) is 95.4 Å². The summed E-state index contributed by atoms with van der Waals surface area (Å²) in [7, 11) is -3.77. The summed E-state index contributed by atoms with van der Waals surface area (Å²) >= 11 is 2.71. The van der Waals surface area contributed by atoms with E-state index in [9.17, 15) is 18.0 Å². The van der Waals surface area contributed by atoms with E-state index in [1.54, 1.807) is 34.7 Å². The minimum Gasteiger partial charge on any atom is -0.467 e. The van der Waals surface area contributed by atoms with E-state index in [0.717, 1.165) is 5.56 Å². The van der Waals surface area contributed by atoms with Gasteiger partial charge in [0.05, 0.1) is 23.5 Å². The van der Waals surface area contributed by atoms with Gasteiger partial charge in [-0.15, -0.1) is 23.1 Å². The summed E-state index contributed by atoms with van der Waals surface area (Å²) in [5.74, 6) is 0.805. The normalized spacial score (nSPS) is 15.7. The lowest BCUT2D eigenvalue weighted by Crippen LogP contribution is -2.27. The summed E-state index contributed by atoms with van der Waals surface area (Å²) in [6.45, 7) is 0.386. The van der Waals surface area contributed by atoms with Gasteiger partial charge >= 0.3 is 0 Å². The Morgan fingerprint density at radius 2 is 1.89 bits per heavy atom. The van der Waals surface area contributed by atoms with Crippen molar-refractivity contribution in [2.45, 2.75) is 16.8 Å². The van der Waals surface area contributed by atoms with E-state index in [-0.39, 0.29) is 27.2 Å². The van der Waals surface area contributed by atoms with E-state index in [1.807, 2.05) is 18.2 Å². The monoisotopic (exact) mass is 540 g/mol. The Morgan fingerprint density at radius 1 is 1.11 bits per heavy atom. The van der Waals surface area contributed by atoms with E-state index in [4.69, 9.17) is 4.42 Å². The van der Waals surface area contributed by atoms with E-state index < -0.39 is 10.0 Å². The van der Waals surface area contributed by atoms with Crippen molar-refractivity contribution in [1.29, 1.82) is 0 Å². The first-order valence-corrected chi connectivity index (χ1v) is 14.2. The smallest absolute Gasteiger partial charge is 0.263 e. The number of thioether (sulfide) groups is 1. The Kier molecular flexibility index (Phi) is 6.81. The maximum absolute atomic E-state index is 12.7. The predicted octanol–water partition coefficient (Wildman–Crippen LogP) is 4.56. The molecule has 4 aromatic rings. The fourth-order valence-corrected chi connectivity index (χ4v) is 6.62. The molecule has 0 aliphatic carbocycles. The third-order valence-electron chi connectivity index (χ3n) is 5.41. The van der Waals surface area contributed by atoms with Crippen molar-refractivity contribution in [3.63, 3.8) is 0 Å². The second-order valence-electron chi connectivity index (χ2n) is 7.81. The Balaban J connectivity index is 1.23. The first-order valence-electron chi connectivity index (χ1n) is 10.8. The number of furan rings is 1. The summed E-state index contributed by atoms with van der Waals surface area (Å²) in [4.78, 5) is 30.9. The van der Waals surface area contributed by atoms with E-state index in [2.05, 4.69) is 15.0 Å². The summed E-state index contributed by atoms with van der Waals surface area (Å²) in [6.07, 6.45) is 3.09. The SMILES string of the molecule is O=C(Nc1ccc(S(=O)(=O)Nc2nccs2)cc1)c1ccc([C@H]2SCC(=O)N2Cc2ccco2)cc1. The molecule has 184 valence electrons. The van der Waals surface area contributed by atoms with Crippen LogP contribution in [0.2, 0.25) is 0 Å². The molecule has 2 N–H and O–H groups in total. The van der Waals surface area contributed by atoms with Crippen LogP contribution in [0.15, 0.2) is 87.8 Å². The van der Waals surface area contributed by atoms with Crippen LogP contribution >= 0.6 is 23.1 Å². The number of carbonyl (C=O) groups excluding carboxylic acids is 2. The Hall–Kier alpha value is -3.61. The molecule has 3 heterocycles. The number of sulfonamides is 1. The lowest BCUT2D eigenvalue weighted by molar-refractivity contribution is -0.128. The van der Waals surface area contributed by atoms with E-state index >= 15 is 0 Å². The molecule has 1 aliphatic rings. The van der Waals surface area contributed by atoms with Crippen LogP contribution in [-0.2, 0) is 21.4 Å². The number of thiazole rings is 1. The largest absolute Gasteiger partial charge is 0.467 e. The second kappa shape index (κ2) is 10.2. The highest BCUT2D eigenvalue weighted by atomic mass is 32.2. The second-order valence-corrected chi connectivity index (χ2v) is 11.5. The van der Waals surface area contributed by atoms with Gasteiger partial charge < -0.3 is 14.6 Å². The van der Waals surface area contributed by atoms with Crippen molar-refractivity contribution in [2.75, 3.05) is 15.8 Å². The highest BCUT2D eigenvalue weighted by molar-refractivity contribution is 8.00. The van der Waals surface area contributed by atoms with Gasteiger partial charge in [-0.05, 0) is 54.1 Å². The van der Waals surface area contributed by atoms with E-state index in [1.165, 1.54) is 53.6 Å². The highest BCUT2D eigenvalue weighted by Crippen LogP contribution is 2.39. The van der Waals surface area contributed by atoms with Crippen LogP contribution in [0.4, 0.5) is 10.8 Å². The zero-order valence-corrected chi connectivity index (χ0v) is 21.1. The van der Waals surface area contributed by atoms with Gasteiger partial charge in [-0.1, -0.05) is 12.1 Å². The fourth-order valence-electron chi connectivity index (χ4n) is 3.64. The standard InChI is InChI=1S/C24H20N4O5S3/c29-21-15-35-23(28(21)14-19-2-1-12-33-19)17-5-3-16(4-6-17)22(30)26-18-7-9-20(10-8-18)36(31,32)27-24-25-11-13-34-24/h1-13,23H,14-15H2,(H,25,27)(H,26,30)/t23-/m1/s1. The zero-order valence-electron chi connectivity index (χ0n) is 18.7. The number of hydrogen-bond donors (Lipinski definition) is 2. The van der Waals surface area contributed by atoms with Gasteiger partial charge in [0.2, 0.25) is 5.91 Å². The molecule has 0 saturated carbocycles. The van der Waals surface area contributed by atoms with Crippen molar-refractivity contribution < 1.29 is 22.4 Å². The number of nitrogens with one attached hydrogen (secondary N) is 2. The van der Waals surface area contributed by atoms with Gasteiger partial charge in [0.25, 0.3) is 15.9 Å². The number of hydrogen-bond acceptors (Lipinski definition) is 8. The summed E-state index contributed by atoms with van der Waals surface area (Å²) in [5, 5.41) is 4.56. The van der Waals surface area contributed by atoms with Crippen LogP contribution in [0.3, 0.4) is 0 Å². The van der Waals surface area contributed by atoms with Gasteiger partial charge in [-0.2, -0.15) is 0 Å². The average molecular weight is 541 g/mol. The average Bonchev–Trinajstić information content (AvgIpc) is 3.64. The van der Waals surface area contributed by atoms with Crippen molar-refractivity contribution >= 4 is 55.8 Å². The number of aromatic nitrogens is 1. The molecule has 1 saturated heterocycles. The molecule has 0 radical (unpaired) electrons. The number of rotatable bonds is 8. The number of amides is 2. The molecule has 1 fully saturated rings.